The zero-order chi connectivity index (χ0) is 16.9. The molecule has 0 saturated carbocycles. The molecule has 24 heavy (non-hydrogen) atoms. The minimum Gasteiger partial charge on any atom is -0.490 e. The molecule has 3 rings (SSSR count). The van der Waals surface area contributed by atoms with Gasteiger partial charge in [0.15, 0.2) is 23.2 Å². The van der Waals surface area contributed by atoms with E-state index in [9.17, 15) is 4.79 Å². The molecule has 2 aromatic rings. The number of nitrogens with one attached hydrogen (secondary N) is 1. The van der Waals surface area contributed by atoms with Crippen molar-refractivity contribution in [3.05, 3.63) is 34.8 Å². The van der Waals surface area contributed by atoms with Crippen molar-refractivity contribution in [2.24, 2.45) is 5.92 Å². The summed E-state index contributed by atoms with van der Waals surface area (Å²) >= 11 is 1.58. The van der Waals surface area contributed by atoms with Gasteiger partial charge in [-0.3, -0.25) is 10.1 Å². The highest BCUT2D eigenvalue weighted by molar-refractivity contribution is 7.15. The van der Waals surface area contributed by atoms with E-state index in [-0.39, 0.29) is 12.5 Å². The Bertz CT molecular complexity index is 714. The maximum atomic E-state index is 12.1. The van der Waals surface area contributed by atoms with Gasteiger partial charge in [-0.1, -0.05) is 19.1 Å². The number of anilines is 1. The van der Waals surface area contributed by atoms with Crippen LogP contribution in [0.1, 0.15) is 30.8 Å². The molecular weight excluding hydrogens is 324 g/mol. The smallest absolute Gasteiger partial charge is 0.264 e. The second kappa shape index (κ2) is 7.66. The number of aromatic nitrogens is 1. The van der Waals surface area contributed by atoms with Crippen LogP contribution in [-0.2, 0) is 17.6 Å². The molecule has 0 saturated heterocycles. The summed E-state index contributed by atoms with van der Waals surface area (Å²) < 4.78 is 11.1. The van der Waals surface area contributed by atoms with Crippen molar-refractivity contribution < 1.29 is 14.3 Å². The van der Waals surface area contributed by atoms with E-state index in [1.807, 2.05) is 25.1 Å². The van der Waals surface area contributed by atoms with Crippen LogP contribution < -0.4 is 14.8 Å². The third-order valence-electron chi connectivity index (χ3n) is 3.94. The third-order valence-corrected chi connectivity index (χ3v) is 4.98. The Kier molecular flexibility index (Phi) is 5.35. The predicted molar refractivity (Wildman–Crippen MR) is 95.0 cm³/mol. The number of ether oxygens (including phenoxy) is 2. The molecule has 1 heterocycles. The molecule has 0 unspecified atom stereocenters. The van der Waals surface area contributed by atoms with Gasteiger partial charge < -0.3 is 9.47 Å². The molecule has 1 aromatic heterocycles. The molecule has 6 heteroatoms. The molecule has 1 aliphatic rings. The number of fused-ring (bicyclic) bond motifs is 1. The van der Waals surface area contributed by atoms with Crippen molar-refractivity contribution in [3.63, 3.8) is 0 Å². The summed E-state index contributed by atoms with van der Waals surface area (Å²) in [6.07, 6.45) is 3.23. The van der Waals surface area contributed by atoms with E-state index in [4.69, 9.17) is 9.47 Å². The first kappa shape index (κ1) is 16.8. The number of hydrogen-bond acceptors (Lipinski definition) is 5. The summed E-state index contributed by atoms with van der Waals surface area (Å²) in [5, 5.41) is 3.51. The average Bonchev–Trinajstić information content (AvgIpc) is 2.95. The Balaban J connectivity index is 1.57. The fourth-order valence-electron chi connectivity index (χ4n) is 2.74. The topological polar surface area (TPSA) is 60.5 Å². The summed E-state index contributed by atoms with van der Waals surface area (Å²) in [4.78, 5) is 18.0. The lowest BCUT2D eigenvalue weighted by molar-refractivity contribution is -0.118. The maximum absolute atomic E-state index is 12.1. The SMILES string of the molecule is CCOc1ccccc1OCC(=O)Nc1nc2c(s1)C[C@@H](C)CC2. The summed E-state index contributed by atoms with van der Waals surface area (Å²) in [5.41, 5.74) is 1.14. The van der Waals surface area contributed by atoms with Gasteiger partial charge in [0, 0.05) is 4.88 Å². The lowest BCUT2D eigenvalue weighted by atomic mass is 9.93. The van der Waals surface area contributed by atoms with Crippen molar-refractivity contribution in [2.75, 3.05) is 18.5 Å². The number of benzene rings is 1. The number of rotatable bonds is 6. The zero-order valence-electron chi connectivity index (χ0n) is 14.0. The monoisotopic (exact) mass is 346 g/mol. The van der Waals surface area contributed by atoms with Crippen LogP contribution in [0, 0.1) is 5.92 Å². The van der Waals surface area contributed by atoms with Gasteiger partial charge in [0.2, 0.25) is 0 Å². The summed E-state index contributed by atoms with van der Waals surface area (Å²) in [6.45, 7) is 4.65. The molecule has 1 aromatic carbocycles. The molecular formula is C18H22N2O3S. The minimum absolute atomic E-state index is 0.0647. The van der Waals surface area contributed by atoms with Gasteiger partial charge in [0.25, 0.3) is 5.91 Å². The van der Waals surface area contributed by atoms with Crippen molar-refractivity contribution in [2.45, 2.75) is 33.1 Å². The summed E-state index contributed by atoms with van der Waals surface area (Å²) in [7, 11) is 0. The summed E-state index contributed by atoms with van der Waals surface area (Å²) in [6, 6.07) is 7.35. The highest BCUT2D eigenvalue weighted by Gasteiger charge is 2.20. The van der Waals surface area contributed by atoms with Crippen molar-refractivity contribution in [1.82, 2.24) is 4.98 Å². The van der Waals surface area contributed by atoms with E-state index >= 15 is 0 Å². The first-order valence-electron chi connectivity index (χ1n) is 8.28. The van der Waals surface area contributed by atoms with Crippen LogP contribution in [0.3, 0.4) is 0 Å². The first-order chi connectivity index (χ1) is 11.7. The molecule has 0 bridgehead atoms. The maximum Gasteiger partial charge on any atom is 0.264 e. The quantitative estimate of drug-likeness (QED) is 0.867. The Hall–Kier alpha value is -2.08. The average molecular weight is 346 g/mol. The largest absolute Gasteiger partial charge is 0.490 e. The van der Waals surface area contributed by atoms with Crippen LogP contribution in [0.2, 0.25) is 0 Å². The third kappa shape index (κ3) is 4.06. The predicted octanol–water partition coefficient (Wildman–Crippen LogP) is 3.68. The standard InChI is InChI=1S/C18H22N2O3S/c1-3-22-14-6-4-5-7-15(14)23-11-17(21)20-18-19-13-9-8-12(2)10-16(13)24-18/h4-7,12H,3,8-11H2,1-2H3,(H,19,20,21)/t12-/m0/s1. The van der Waals surface area contributed by atoms with E-state index in [0.29, 0.717) is 29.2 Å². The normalized spacial score (nSPS) is 16.3. The van der Waals surface area contributed by atoms with Gasteiger partial charge in [-0.15, -0.1) is 11.3 Å². The number of hydrogen-bond donors (Lipinski definition) is 1. The van der Waals surface area contributed by atoms with E-state index in [1.54, 1.807) is 17.4 Å². The minimum atomic E-state index is -0.208. The molecule has 1 N–H and O–H groups in total. The number of nitrogens with zero attached hydrogens (tertiary/aromatic N) is 1. The number of aryl methyl sites for hydroxylation is 1. The van der Waals surface area contributed by atoms with Crippen molar-refractivity contribution in [3.8, 4) is 11.5 Å². The van der Waals surface area contributed by atoms with Crippen LogP contribution in [0.5, 0.6) is 11.5 Å². The van der Waals surface area contributed by atoms with Gasteiger partial charge in [0.05, 0.1) is 12.3 Å². The lowest BCUT2D eigenvalue weighted by Gasteiger charge is -2.15. The highest BCUT2D eigenvalue weighted by atomic mass is 32.1. The Morgan fingerprint density at radius 1 is 1.33 bits per heavy atom. The molecule has 0 spiro atoms. The molecule has 5 nitrogen and oxygen atoms in total. The highest BCUT2D eigenvalue weighted by Crippen LogP contribution is 2.32. The second-order valence-electron chi connectivity index (χ2n) is 5.95. The number of thiazole rings is 1. The van der Waals surface area contributed by atoms with Gasteiger partial charge in [-0.2, -0.15) is 0 Å². The molecule has 1 aliphatic carbocycles. The second-order valence-corrected chi connectivity index (χ2v) is 7.04. The van der Waals surface area contributed by atoms with Crippen LogP contribution in [0.25, 0.3) is 0 Å². The van der Waals surface area contributed by atoms with Crippen LogP contribution in [-0.4, -0.2) is 24.1 Å². The van der Waals surface area contributed by atoms with Crippen molar-refractivity contribution >= 4 is 22.4 Å². The van der Waals surface area contributed by atoms with E-state index in [1.165, 1.54) is 11.3 Å². The summed E-state index contributed by atoms with van der Waals surface area (Å²) in [5.74, 6) is 1.70. The van der Waals surface area contributed by atoms with Crippen LogP contribution in [0.15, 0.2) is 24.3 Å². The first-order valence-corrected chi connectivity index (χ1v) is 9.10. The Morgan fingerprint density at radius 3 is 2.83 bits per heavy atom. The van der Waals surface area contributed by atoms with Crippen LogP contribution >= 0.6 is 11.3 Å². The molecule has 0 fully saturated rings. The van der Waals surface area contributed by atoms with E-state index < -0.39 is 0 Å². The van der Waals surface area contributed by atoms with E-state index in [2.05, 4.69) is 17.2 Å². The molecule has 128 valence electrons. The Labute approximate surface area is 146 Å². The van der Waals surface area contributed by atoms with E-state index in [0.717, 1.165) is 18.5 Å². The molecule has 1 amide bonds. The molecule has 1 atom stereocenters. The molecule has 0 aliphatic heterocycles. The van der Waals surface area contributed by atoms with Crippen LogP contribution in [0.4, 0.5) is 5.13 Å². The molecule has 0 radical (unpaired) electrons. The number of amides is 1. The fraction of sp³-hybridized carbons (Fsp3) is 0.444. The van der Waals surface area contributed by atoms with Gasteiger partial charge in [-0.05, 0) is 44.2 Å². The lowest BCUT2D eigenvalue weighted by Crippen LogP contribution is -2.20. The number of carbonyl (C=O) groups excluding carboxylic acids is 1. The van der Waals surface area contributed by atoms with Crippen molar-refractivity contribution in [1.29, 1.82) is 0 Å². The fourth-order valence-corrected chi connectivity index (χ4v) is 3.92. The van der Waals surface area contributed by atoms with Gasteiger partial charge in [0.1, 0.15) is 0 Å². The zero-order valence-corrected chi connectivity index (χ0v) is 14.8. The van der Waals surface area contributed by atoms with Gasteiger partial charge in [-0.25, -0.2) is 4.98 Å². The van der Waals surface area contributed by atoms with Gasteiger partial charge >= 0.3 is 0 Å². The Morgan fingerprint density at radius 2 is 2.08 bits per heavy atom. The number of carbonyl (C=O) groups is 1. The number of para-hydroxylation sites is 2.